The molecule has 0 bridgehead atoms. The molecule has 1 heterocycles. The molecule has 0 unspecified atom stereocenters. The number of hydrogen-bond acceptors (Lipinski definition) is 4. The lowest BCUT2D eigenvalue weighted by molar-refractivity contribution is 0.523. The topological polar surface area (TPSA) is 25.2 Å². The summed E-state index contributed by atoms with van der Waals surface area (Å²) in [6, 6.07) is 8.29. The number of unbranched alkanes of at least 4 members (excludes halogenated alkanes) is 3. The number of aryl methyl sites for hydroxylation is 1. The predicted molar refractivity (Wildman–Crippen MR) is 113 cm³/mol. The smallest absolute Gasteiger partial charge is 0.191 e. The van der Waals surface area contributed by atoms with Crippen molar-refractivity contribution in [2.45, 2.75) is 57.8 Å². The molecule has 2 aromatic rings. The van der Waals surface area contributed by atoms with Crippen LogP contribution in [0.2, 0.25) is 0 Å². The summed E-state index contributed by atoms with van der Waals surface area (Å²) < 4.78 is 6.31. The molecule has 25 heavy (non-hydrogen) atoms. The van der Waals surface area contributed by atoms with Crippen molar-refractivity contribution >= 4 is 34.9 Å². The molecular formula is C21H31NOS2. The number of benzene rings is 1. The maximum Gasteiger partial charge on any atom is 0.191 e. The first-order valence-corrected chi connectivity index (χ1v) is 10.8. The van der Waals surface area contributed by atoms with Crippen LogP contribution in [0.4, 0.5) is 0 Å². The second-order valence-electron chi connectivity index (χ2n) is 7.08. The molecule has 0 amide bonds. The number of nitrogens with one attached hydrogen (secondary N) is 1. The van der Waals surface area contributed by atoms with Gasteiger partial charge in [0.2, 0.25) is 0 Å². The maximum absolute atomic E-state index is 5.73. The van der Waals surface area contributed by atoms with Gasteiger partial charge in [0.15, 0.2) is 4.71 Å². The Morgan fingerprint density at radius 3 is 2.72 bits per heavy atom. The third-order valence-electron chi connectivity index (χ3n) is 4.33. The van der Waals surface area contributed by atoms with E-state index in [4.69, 9.17) is 16.6 Å². The van der Waals surface area contributed by atoms with Crippen LogP contribution < -0.4 is 5.32 Å². The third kappa shape index (κ3) is 7.12. The Balaban J connectivity index is 1.68. The first-order valence-electron chi connectivity index (χ1n) is 9.45. The lowest BCUT2D eigenvalue weighted by Gasteiger charge is -2.08. The van der Waals surface area contributed by atoms with Gasteiger partial charge >= 0.3 is 0 Å². The third-order valence-corrected chi connectivity index (χ3v) is 5.68. The van der Waals surface area contributed by atoms with Crippen LogP contribution in [-0.4, -0.2) is 18.8 Å². The molecule has 2 nitrogen and oxygen atoms in total. The number of rotatable bonds is 11. The Hall–Kier alpha value is -0.840. The molecule has 4 heteroatoms. The molecule has 0 aliphatic carbocycles. The maximum atomic E-state index is 5.73. The summed E-state index contributed by atoms with van der Waals surface area (Å²) in [5, 5.41) is 4.73. The highest BCUT2D eigenvalue weighted by Gasteiger charge is 2.06. The zero-order valence-corrected chi connectivity index (χ0v) is 17.4. The molecular weight excluding hydrogens is 346 g/mol. The van der Waals surface area contributed by atoms with Crippen LogP contribution in [0.25, 0.3) is 11.0 Å². The van der Waals surface area contributed by atoms with Crippen LogP contribution in [0.5, 0.6) is 0 Å². The van der Waals surface area contributed by atoms with Crippen molar-refractivity contribution in [1.82, 2.24) is 5.32 Å². The van der Waals surface area contributed by atoms with Gasteiger partial charge in [0.25, 0.3) is 0 Å². The highest BCUT2D eigenvalue weighted by Crippen LogP contribution is 2.30. The van der Waals surface area contributed by atoms with E-state index in [0.717, 1.165) is 35.9 Å². The molecule has 0 spiro atoms. The monoisotopic (exact) mass is 377 g/mol. The van der Waals surface area contributed by atoms with Gasteiger partial charge in [0, 0.05) is 16.3 Å². The Morgan fingerprint density at radius 2 is 1.92 bits per heavy atom. The van der Waals surface area contributed by atoms with Crippen molar-refractivity contribution in [3.8, 4) is 0 Å². The zero-order valence-electron chi connectivity index (χ0n) is 15.8. The summed E-state index contributed by atoms with van der Waals surface area (Å²) >= 11 is 7.19. The standard InChI is InChI=1S/C21H31NOS2/c1-16(2)11-13-22-12-6-4-5-7-14-25-19-15-20(24)23-21-17(3)9-8-10-18(19)21/h8-10,15-16,22H,4-7,11-14H2,1-3H3. The minimum absolute atomic E-state index is 0.580. The molecule has 0 fully saturated rings. The van der Waals surface area contributed by atoms with Gasteiger partial charge in [-0.05, 0) is 68.7 Å². The summed E-state index contributed by atoms with van der Waals surface area (Å²) in [6.07, 6.45) is 6.42. The Bertz CT molecular complexity index is 709. The summed E-state index contributed by atoms with van der Waals surface area (Å²) in [6.45, 7) is 8.94. The molecule has 1 N–H and O–H groups in total. The first-order chi connectivity index (χ1) is 12.1. The number of thioether (sulfide) groups is 1. The minimum atomic E-state index is 0.580. The summed E-state index contributed by atoms with van der Waals surface area (Å²) in [5.41, 5.74) is 2.08. The van der Waals surface area contributed by atoms with Gasteiger partial charge in [-0.2, -0.15) is 0 Å². The van der Waals surface area contributed by atoms with Crippen LogP contribution in [0.3, 0.4) is 0 Å². The Kier molecular flexibility index (Phi) is 9.00. The molecule has 0 radical (unpaired) electrons. The lowest BCUT2D eigenvalue weighted by atomic mass is 10.1. The second-order valence-corrected chi connectivity index (χ2v) is 8.62. The van der Waals surface area contributed by atoms with Crippen LogP contribution in [0.1, 0.15) is 51.5 Å². The molecule has 1 aromatic heterocycles. The van der Waals surface area contributed by atoms with E-state index < -0.39 is 0 Å². The normalized spacial score (nSPS) is 11.5. The fraction of sp³-hybridized carbons (Fsp3) is 0.571. The molecule has 138 valence electrons. The van der Waals surface area contributed by atoms with Gasteiger partial charge in [-0.3, -0.25) is 0 Å². The van der Waals surface area contributed by atoms with Crippen molar-refractivity contribution < 1.29 is 4.42 Å². The van der Waals surface area contributed by atoms with Crippen molar-refractivity contribution in [2.75, 3.05) is 18.8 Å². The SMILES string of the molecule is Cc1cccc2c(SCCCCCCNCCC(C)C)cc(=S)oc12. The average molecular weight is 378 g/mol. The highest BCUT2D eigenvalue weighted by molar-refractivity contribution is 7.99. The van der Waals surface area contributed by atoms with Crippen LogP contribution in [0.15, 0.2) is 33.6 Å². The number of fused-ring (bicyclic) bond motifs is 1. The molecule has 0 atom stereocenters. The Labute approximate surface area is 161 Å². The van der Waals surface area contributed by atoms with E-state index in [2.05, 4.69) is 44.3 Å². The predicted octanol–water partition coefficient (Wildman–Crippen LogP) is 6.76. The molecule has 0 saturated carbocycles. The van der Waals surface area contributed by atoms with Gasteiger partial charge in [-0.1, -0.05) is 44.9 Å². The van der Waals surface area contributed by atoms with Crippen LogP contribution in [-0.2, 0) is 0 Å². The van der Waals surface area contributed by atoms with Gasteiger partial charge in [-0.25, -0.2) is 0 Å². The highest BCUT2D eigenvalue weighted by atomic mass is 32.2. The van der Waals surface area contributed by atoms with Crippen molar-refractivity contribution in [1.29, 1.82) is 0 Å². The summed E-state index contributed by atoms with van der Waals surface area (Å²) in [4.78, 5) is 1.25. The van der Waals surface area contributed by atoms with E-state index in [1.807, 2.05) is 17.8 Å². The van der Waals surface area contributed by atoms with Gasteiger partial charge in [0.1, 0.15) is 5.58 Å². The molecule has 0 saturated heterocycles. The van der Waals surface area contributed by atoms with Gasteiger partial charge in [-0.15, -0.1) is 11.8 Å². The number of para-hydroxylation sites is 1. The second kappa shape index (κ2) is 11.0. The lowest BCUT2D eigenvalue weighted by Crippen LogP contribution is -2.17. The summed E-state index contributed by atoms with van der Waals surface area (Å²) in [5.74, 6) is 1.94. The molecule has 1 aromatic carbocycles. The van der Waals surface area contributed by atoms with Crippen molar-refractivity contribution in [3.05, 3.63) is 34.5 Å². The largest absolute Gasteiger partial charge is 0.445 e. The van der Waals surface area contributed by atoms with E-state index in [1.54, 1.807) is 0 Å². The average Bonchev–Trinajstić information content (AvgIpc) is 2.57. The first kappa shape index (κ1) is 20.5. The molecule has 0 aliphatic heterocycles. The molecule has 2 rings (SSSR count). The van der Waals surface area contributed by atoms with E-state index in [9.17, 15) is 0 Å². The molecule has 0 aliphatic rings. The quantitative estimate of drug-likeness (QED) is 0.266. The van der Waals surface area contributed by atoms with Crippen LogP contribution in [0, 0.1) is 17.5 Å². The van der Waals surface area contributed by atoms with E-state index >= 15 is 0 Å². The zero-order chi connectivity index (χ0) is 18.1. The Morgan fingerprint density at radius 1 is 1.12 bits per heavy atom. The van der Waals surface area contributed by atoms with Crippen LogP contribution >= 0.6 is 24.0 Å². The van der Waals surface area contributed by atoms with Gasteiger partial charge < -0.3 is 9.73 Å². The fourth-order valence-electron chi connectivity index (χ4n) is 2.82. The minimum Gasteiger partial charge on any atom is -0.445 e. The van der Waals surface area contributed by atoms with Crippen molar-refractivity contribution in [2.24, 2.45) is 5.92 Å². The van der Waals surface area contributed by atoms with E-state index in [0.29, 0.717) is 4.71 Å². The van der Waals surface area contributed by atoms with E-state index in [1.165, 1.54) is 42.4 Å². The van der Waals surface area contributed by atoms with Crippen molar-refractivity contribution in [3.63, 3.8) is 0 Å². The summed E-state index contributed by atoms with van der Waals surface area (Å²) in [7, 11) is 0. The van der Waals surface area contributed by atoms with Gasteiger partial charge in [0.05, 0.1) is 0 Å². The van der Waals surface area contributed by atoms with E-state index in [-0.39, 0.29) is 0 Å². The number of hydrogen-bond donors (Lipinski definition) is 1. The fourth-order valence-corrected chi connectivity index (χ4v) is 4.17.